The molecule has 0 spiro atoms. The van der Waals surface area contributed by atoms with Crippen LogP contribution in [0.5, 0.6) is 0 Å². The van der Waals surface area contributed by atoms with Gasteiger partial charge in [-0.1, -0.05) is 0 Å². The summed E-state index contributed by atoms with van der Waals surface area (Å²) in [5, 5.41) is 2.66. The summed E-state index contributed by atoms with van der Waals surface area (Å²) in [6.07, 6.45) is -9.27. The average molecular weight is 338 g/mol. The molecule has 0 bridgehead atoms. The third-order valence-corrected chi connectivity index (χ3v) is 3.17. The normalized spacial score (nSPS) is 19.5. The second kappa shape index (κ2) is 6.00. The van der Waals surface area contributed by atoms with E-state index in [4.69, 9.17) is 0 Å². The minimum Gasteiger partial charge on any atom is -0.310 e. The molecule has 21 heavy (non-hydrogen) atoms. The molecule has 1 aromatic rings. The van der Waals surface area contributed by atoms with Crippen LogP contribution in [0.25, 0.3) is 0 Å². The molecule has 1 aliphatic rings. The van der Waals surface area contributed by atoms with Crippen molar-refractivity contribution in [2.24, 2.45) is 0 Å². The topological polar surface area (TPSA) is 12.0 Å². The maximum absolute atomic E-state index is 13.8. The Balaban J connectivity index is 0.00000220. The molecule has 1 N–H and O–H groups in total. The fourth-order valence-electron chi connectivity index (χ4n) is 2.30. The van der Waals surface area contributed by atoms with Crippen molar-refractivity contribution in [2.75, 3.05) is 6.54 Å². The van der Waals surface area contributed by atoms with Crippen LogP contribution in [0, 0.1) is 5.82 Å². The molecule has 2 rings (SSSR count). The zero-order valence-corrected chi connectivity index (χ0v) is 11.2. The number of hydrogen-bond acceptors (Lipinski definition) is 1. The molecule has 1 atom stereocenters. The minimum atomic E-state index is -5.04. The van der Waals surface area contributed by atoms with Crippen molar-refractivity contribution in [3.8, 4) is 0 Å². The van der Waals surface area contributed by atoms with Gasteiger partial charge in [0, 0.05) is 11.6 Å². The van der Waals surface area contributed by atoms with Crippen molar-refractivity contribution in [1.82, 2.24) is 5.32 Å². The summed E-state index contributed by atoms with van der Waals surface area (Å²) in [5.74, 6) is -1.48. The predicted molar refractivity (Wildman–Crippen MR) is 63.6 cm³/mol. The Morgan fingerprint density at radius 2 is 1.62 bits per heavy atom. The van der Waals surface area contributed by atoms with Crippen molar-refractivity contribution in [3.05, 3.63) is 34.6 Å². The number of benzene rings is 1. The van der Waals surface area contributed by atoms with Crippen molar-refractivity contribution >= 4 is 12.4 Å². The van der Waals surface area contributed by atoms with Crippen LogP contribution >= 0.6 is 12.4 Å². The van der Waals surface area contributed by atoms with Crippen LogP contribution in [0.1, 0.15) is 35.6 Å². The Morgan fingerprint density at radius 1 is 1.00 bits per heavy atom. The summed E-state index contributed by atoms with van der Waals surface area (Å²) in [5.41, 5.74) is -3.93. The van der Waals surface area contributed by atoms with Gasteiger partial charge in [-0.15, -0.1) is 12.4 Å². The molecule has 1 aromatic carbocycles. The van der Waals surface area contributed by atoms with Crippen LogP contribution in [0.15, 0.2) is 12.1 Å². The maximum atomic E-state index is 13.8. The predicted octanol–water partition coefficient (Wildman–Crippen LogP) is 4.71. The molecule has 1 fully saturated rings. The zero-order chi connectivity index (χ0) is 15.1. The summed E-state index contributed by atoms with van der Waals surface area (Å²) in [7, 11) is 0. The Morgan fingerprint density at radius 3 is 2.05 bits per heavy atom. The Kier molecular flexibility index (Phi) is 5.15. The first-order chi connectivity index (χ1) is 9.10. The fourth-order valence-corrected chi connectivity index (χ4v) is 2.30. The molecule has 0 amide bonds. The fraction of sp³-hybridized carbons (Fsp3) is 0.500. The van der Waals surface area contributed by atoms with Crippen LogP contribution in [-0.4, -0.2) is 6.54 Å². The van der Waals surface area contributed by atoms with Gasteiger partial charge in [-0.3, -0.25) is 0 Å². The molecule has 0 aliphatic carbocycles. The van der Waals surface area contributed by atoms with E-state index < -0.39 is 40.9 Å². The van der Waals surface area contributed by atoms with Gasteiger partial charge in [-0.25, -0.2) is 4.39 Å². The van der Waals surface area contributed by atoms with E-state index in [2.05, 4.69) is 5.32 Å². The number of halogens is 8. The average Bonchev–Trinajstić information content (AvgIpc) is 2.78. The largest absolute Gasteiger partial charge is 0.416 e. The van der Waals surface area contributed by atoms with Gasteiger partial charge >= 0.3 is 12.4 Å². The summed E-state index contributed by atoms with van der Waals surface area (Å²) in [6, 6.07) is -0.822. The molecule has 9 heteroatoms. The highest BCUT2D eigenvalue weighted by molar-refractivity contribution is 5.85. The van der Waals surface area contributed by atoms with Crippen molar-refractivity contribution < 1.29 is 30.7 Å². The quantitative estimate of drug-likeness (QED) is 0.732. The van der Waals surface area contributed by atoms with Crippen LogP contribution in [-0.2, 0) is 12.4 Å². The molecular weight excluding hydrogens is 327 g/mol. The SMILES string of the molecule is Cl.Fc1cc(C(F)(F)F)cc(C(F)(F)F)c1[C@H]1CCCN1. The van der Waals surface area contributed by atoms with E-state index in [1.807, 2.05) is 0 Å². The molecule has 0 unspecified atom stereocenters. The van der Waals surface area contributed by atoms with Gasteiger partial charge < -0.3 is 5.32 Å². The second-order valence-electron chi connectivity index (χ2n) is 4.56. The summed E-state index contributed by atoms with van der Waals surface area (Å²) in [6.45, 7) is 0.405. The molecule has 0 saturated carbocycles. The van der Waals surface area contributed by atoms with Gasteiger partial charge in [-0.2, -0.15) is 26.3 Å². The molecule has 1 nitrogen and oxygen atoms in total. The Bertz CT molecular complexity index is 504. The first-order valence-corrected chi connectivity index (χ1v) is 5.82. The smallest absolute Gasteiger partial charge is 0.310 e. The lowest BCUT2D eigenvalue weighted by molar-refractivity contribution is -0.144. The van der Waals surface area contributed by atoms with E-state index >= 15 is 0 Å². The molecule has 1 aliphatic heterocycles. The van der Waals surface area contributed by atoms with Gasteiger partial charge in [-0.05, 0) is 31.5 Å². The van der Waals surface area contributed by atoms with E-state index in [-0.39, 0.29) is 31.0 Å². The third-order valence-electron chi connectivity index (χ3n) is 3.17. The Hall–Kier alpha value is -1.02. The summed E-state index contributed by atoms with van der Waals surface area (Å²) in [4.78, 5) is 0. The lowest BCUT2D eigenvalue weighted by Crippen LogP contribution is -2.22. The van der Waals surface area contributed by atoms with Gasteiger partial charge in [0.25, 0.3) is 0 Å². The number of rotatable bonds is 1. The van der Waals surface area contributed by atoms with Crippen LogP contribution in [0.2, 0.25) is 0 Å². The van der Waals surface area contributed by atoms with Crippen molar-refractivity contribution in [2.45, 2.75) is 31.2 Å². The number of nitrogens with one attached hydrogen (secondary N) is 1. The van der Waals surface area contributed by atoms with E-state index in [1.54, 1.807) is 0 Å². The maximum Gasteiger partial charge on any atom is 0.416 e. The van der Waals surface area contributed by atoms with Crippen LogP contribution in [0.4, 0.5) is 30.7 Å². The lowest BCUT2D eigenvalue weighted by atomic mass is 9.95. The highest BCUT2D eigenvalue weighted by Crippen LogP contribution is 2.41. The monoisotopic (exact) mass is 337 g/mol. The second-order valence-corrected chi connectivity index (χ2v) is 4.56. The van der Waals surface area contributed by atoms with E-state index in [9.17, 15) is 30.7 Å². The summed E-state index contributed by atoms with van der Waals surface area (Å²) >= 11 is 0. The van der Waals surface area contributed by atoms with E-state index in [0.717, 1.165) is 0 Å². The molecule has 0 aromatic heterocycles. The molecular formula is C12H11ClF7N. The van der Waals surface area contributed by atoms with Crippen molar-refractivity contribution in [1.29, 1.82) is 0 Å². The van der Waals surface area contributed by atoms with Crippen molar-refractivity contribution in [3.63, 3.8) is 0 Å². The minimum absolute atomic E-state index is 0. The van der Waals surface area contributed by atoms with Gasteiger partial charge in [0.15, 0.2) is 0 Å². The Labute approximate surface area is 121 Å². The number of alkyl halides is 6. The molecule has 0 radical (unpaired) electrons. The first kappa shape index (κ1) is 18.0. The zero-order valence-electron chi connectivity index (χ0n) is 10.4. The highest BCUT2D eigenvalue weighted by Gasteiger charge is 2.41. The van der Waals surface area contributed by atoms with Crippen LogP contribution < -0.4 is 5.32 Å². The molecule has 1 heterocycles. The lowest BCUT2D eigenvalue weighted by Gasteiger charge is -2.20. The van der Waals surface area contributed by atoms with E-state index in [1.165, 1.54) is 0 Å². The number of hydrogen-bond donors (Lipinski definition) is 1. The van der Waals surface area contributed by atoms with Gasteiger partial charge in [0.2, 0.25) is 0 Å². The summed E-state index contributed by atoms with van der Waals surface area (Å²) < 4.78 is 89.9. The third kappa shape index (κ3) is 3.79. The molecule has 1 saturated heterocycles. The van der Waals surface area contributed by atoms with Gasteiger partial charge in [0.1, 0.15) is 5.82 Å². The highest BCUT2D eigenvalue weighted by atomic mass is 35.5. The van der Waals surface area contributed by atoms with Crippen LogP contribution in [0.3, 0.4) is 0 Å². The standard InChI is InChI=1S/C12H10F7N.ClH/c13-8-5-6(11(14,15)16)4-7(12(17,18)19)10(8)9-2-1-3-20-9;/h4-5,9,20H,1-3H2;1H/t9-;/m1./s1. The van der Waals surface area contributed by atoms with Gasteiger partial charge in [0.05, 0.1) is 11.1 Å². The van der Waals surface area contributed by atoms with E-state index in [0.29, 0.717) is 13.0 Å². The molecule has 120 valence electrons. The first-order valence-electron chi connectivity index (χ1n) is 5.82.